The molecule has 0 radical (unpaired) electrons. The molecule has 0 saturated carbocycles. The highest BCUT2D eigenvalue weighted by molar-refractivity contribution is 5.94. The highest BCUT2D eigenvalue weighted by Crippen LogP contribution is 2.29. The number of nitrogens with zero attached hydrogens (tertiary/aromatic N) is 4. The van der Waals surface area contributed by atoms with E-state index < -0.39 is 29.0 Å². The summed E-state index contributed by atoms with van der Waals surface area (Å²) in [7, 11) is 0. The standard InChI is InChI=1S/C22H17F4N5O2/c23-18-7-2-1-4-15(18)12-30-13-28-19-17(21(30)33)11-29-31(19)9-8-27-20(32)14-5-3-6-16(10-14)22(24,25)26/h1-7,10-11,13H,8-9,12H2,(H,27,32). The van der Waals surface area contributed by atoms with Crippen LogP contribution >= 0.6 is 0 Å². The Bertz CT molecular complexity index is 1380. The molecule has 0 spiro atoms. The molecule has 4 aromatic rings. The van der Waals surface area contributed by atoms with Crippen molar-refractivity contribution in [1.82, 2.24) is 24.6 Å². The van der Waals surface area contributed by atoms with E-state index in [2.05, 4.69) is 15.4 Å². The van der Waals surface area contributed by atoms with Gasteiger partial charge in [0.2, 0.25) is 0 Å². The molecule has 1 N–H and O–H groups in total. The van der Waals surface area contributed by atoms with Crippen LogP contribution in [0, 0.1) is 5.82 Å². The van der Waals surface area contributed by atoms with Gasteiger partial charge in [0.05, 0.1) is 24.8 Å². The average Bonchev–Trinajstić information content (AvgIpc) is 3.20. The van der Waals surface area contributed by atoms with Gasteiger partial charge in [-0.1, -0.05) is 24.3 Å². The van der Waals surface area contributed by atoms with Crippen LogP contribution in [0.5, 0.6) is 0 Å². The zero-order chi connectivity index (χ0) is 23.6. The first kappa shape index (κ1) is 22.2. The maximum atomic E-state index is 13.9. The van der Waals surface area contributed by atoms with Crippen LogP contribution in [0.25, 0.3) is 11.0 Å². The number of nitrogens with one attached hydrogen (secondary N) is 1. The third-order valence-electron chi connectivity index (χ3n) is 4.98. The predicted molar refractivity (Wildman–Crippen MR) is 111 cm³/mol. The minimum Gasteiger partial charge on any atom is -0.350 e. The topological polar surface area (TPSA) is 81.8 Å². The second-order valence-electron chi connectivity index (χ2n) is 7.21. The van der Waals surface area contributed by atoms with E-state index in [4.69, 9.17) is 0 Å². The molecule has 0 atom stereocenters. The molecule has 2 heterocycles. The van der Waals surface area contributed by atoms with Crippen LogP contribution in [0.4, 0.5) is 17.6 Å². The van der Waals surface area contributed by atoms with Crippen molar-refractivity contribution >= 4 is 16.9 Å². The van der Waals surface area contributed by atoms with Crippen LogP contribution in [-0.4, -0.2) is 31.8 Å². The number of carbonyl (C=O) groups is 1. The number of hydrogen-bond acceptors (Lipinski definition) is 4. The number of halogens is 4. The highest BCUT2D eigenvalue weighted by atomic mass is 19.4. The third kappa shape index (κ3) is 4.76. The van der Waals surface area contributed by atoms with Crippen molar-refractivity contribution in [3.63, 3.8) is 0 Å². The number of alkyl halides is 3. The molecule has 33 heavy (non-hydrogen) atoms. The zero-order valence-corrected chi connectivity index (χ0v) is 17.0. The summed E-state index contributed by atoms with van der Waals surface area (Å²) in [5.41, 5.74) is -0.820. The molecule has 0 unspecified atom stereocenters. The van der Waals surface area contributed by atoms with E-state index in [9.17, 15) is 27.2 Å². The lowest BCUT2D eigenvalue weighted by molar-refractivity contribution is -0.137. The minimum absolute atomic E-state index is 0.00662. The van der Waals surface area contributed by atoms with Gasteiger partial charge < -0.3 is 5.32 Å². The molecule has 0 aliphatic heterocycles. The summed E-state index contributed by atoms with van der Waals surface area (Å²) in [5.74, 6) is -1.10. The smallest absolute Gasteiger partial charge is 0.350 e. The molecule has 11 heteroatoms. The van der Waals surface area contributed by atoms with E-state index in [1.165, 1.54) is 33.9 Å². The number of fused-ring (bicyclic) bond motifs is 1. The van der Waals surface area contributed by atoms with Crippen LogP contribution < -0.4 is 10.9 Å². The van der Waals surface area contributed by atoms with Crippen LogP contribution in [0.3, 0.4) is 0 Å². The minimum atomic E-state index is -4.55. The molecule has 0 saturated heterocycles. The SMILES string of the molecule is O=C(NCCn1ncc2c(=O)n(Cc3ccccc3F)cnc21)c1cccc(C(F)(F)F)c1. The fourth-order valence-corrected chi connectivity index (χ4v) is 3.30. The highest BCUT2D eigenvalue weighted by Gasteiger charge is 2.30. The third-order valence-corrected chi connectivity index (χ3v) is 4.98. The fourth-order valence-electron chi connectivity index (χ4n) is 3.30. The van der Waals surface area contributed by atoms with Gasteiger partial charge in [-0.05, 0) is 24.3 Å². The maximum absolute atomic E-state index is 13.9. The average molecular weight is 459 g/mol. The molecule has 0 fully saturated rings. The predicted octanol–water partition coefficient (Wildman–Crippen LogP) is 3.23. The number of carbonyl (C=O) groups excluding carboxylic acids is 1. The Balaban J connectivity index is 1.45. The molecule has 0 aliphatic carbocycles. The molecule has 1 amide bonds. The van der Waals surface area contributed by atoms with Crippen molar-refractivity contribution in [3.8, 4) is 0 Å². The monoisotopic (exact) mass is 459 g/mol. The number of benzene rings is 2. The van der Waals surface area contributed by atoms with E-state index >= 15 is 0 Å². The van der Waals surface area contributed by atoms with Crippen molar-refractivity contribution in [2.45, 2.75) is 19.3 Å². The second-order valence-corrected chi connectivity index (χ2v) is 7.21. The van der Waals surface area contributed by atoms with Gasteiger partial charge >= 0.3 is 6.18 Å². The lowest BCUT2D eigenvalue weighted by Crippen LogP contribution is -2.28. The van der Waals surface area contributed by atoms with Crippen LogP contribution in [0.1, 0.15) is 21.5 Å². The fraction of sp³-hybridized carbons (Fsp3) is 0.182. The van der Waals surface area contributed by atoms with Gasteiger partial charge in [0.15, 0.2) is 5.65 Å². The van der Waals surface area contributed by atoms with Gasteiger partial charge in [-0.3, -0.25) is 14.2 Å². The van der Waals surface area contributed by atoms with Crippen molar-refractivity contribution in [2.24, 2.45) is 0 Å². The lowest BCUT2D eigenvalue weighted by atomic mass is 10.1. The molecule has 0 aliphatic rings. The van der Waals surface area contributed by atoms with Gasteiger partial charge in [0, 0.05) is 17.7 Å². The van der Waals surface area contributed by atoms with Gasteiger partial charge in [0.25, 0.3) is 11.5 Å². The Morgan fingerprint density at radius 2 is 1.88 bits per heavy atom. The number of amides is 1. The van der Waals surface area contributed by atoms with Gasteiger partial charge in [-0.25, -0.2) is 14.1 Å². The summed E-state index contributed by atoms with van der Waals surface area (Å²) < 4.78 is 55.0. The molecule has 0 bridgehead atoms. The van der Waals surface area contributed by atoms with E-state index in [0.717, 1.165) is 18.2 Å². The first-order valence-corrected chi connectivity index (χ1v) is 9.84. The Labute approximate surface area is 184 Å². The molecule has 7 nitrogen and oxygen atoms in total. The Morgan fingerprint density at radius 1 is 1.09 bits per heavy atom. The second kappa shape index (κ2) is 8.85. The molecule has 170 valence electrons. The van der Waals surface area contributed by atoms with Crippen molar-refractivity contribution in [1.29, 1.82) is 0 Å². The summed E-state index contributed by atoms with van der Waals surface area (Å²) in [6.07, 6.45) is -1.93. The Hall–Kier alpha value is -4.02. The van der Waals surface area contributed by atoms with Crippen LogP contribution in [-0.2, 0) is 19.3 Å². The molecule has 4 rings (SSSR count). The normalized spacial score (nSPS) is 11.6. The largest absolute Gasteiger partial charge is 0.416 e. The summed E-state index contributed by atoms with van der Waals surface area (Å²) in [4.78, 5) is 29.2. The zero-order valence-electron chi connectivity index (χ0n) is 17.0. The van der Waals surface area contributed by atoms with Gasteiger partial charge in [-0.15, -0.1) is 0 Å². The lowest BCUT2D eigenvalue weighted by Gasteiger charge is -2.10. The quantitative estimate of drug-likeness (QED) is 0.449. The van der Waals surface area contributed by atoms with Gasteiger partial charge in [-0.2, -0.15) is 18.3 Å². The first-order valence-electron chi connectivity index (χ1n) is 9.84. The molecule has 2 aromatic carbocycles. The van der Waals surface area contributed by atoms with E-state index in [0.29, 0.717) is 5.56 Å². The molecular formula is C22H17F4N5O2. The molecule has 2 aromatic heterocycles. The summed E-state index contributed by atoms with van der Waals surface area (Å²) in [6, 6.07) is 10.2. The number of hydrogen-bond donors (Lipinski definition) is 1. The Morgan fingerprint density at radius 3 is 2.64 bits per heavy atom. The van der Waals surface area contributed by atoms with Crippen LogP contribution in [0.15, 0.2) is 65.8 Å². The van der Waals surface area contributed by atoms with E-state index in [1.54, 1.807) is 18.2 Å². The van der Waals surface area contributed by atoms with Crippen molar-refractivity contribution in [2.75, 3.05) is 6.54 Å². The maximum Gasteiger partial charge on any atom is 0.416 e. The van der Waals surface area contributed by atoms with E-state index in [-0.39, 0.29) is 36.2 Å². The summed E-state index contributed by atoms with van der Waals surface area (Å²) >= 11 is 0. The van der Waals surface area contributed by atoms with Crippen molar-refractivity contribution in [3.05, 3.63) is 93.9 Å². The Kier molecular flexibility index (Phi) is 5.95. The van der Waals surface area contributed by atoms with Crippen molar-refractivity contribution < 1.29 is 22.4 Å². The molecular weight excluding hydrogens is 442 g/mol. The van der Waals surface area contributed by atoms with Crippen LogP contribution in [0.2, 0.25) is 0 Å². The first-order chi connectivity index (χ1) is 15.7. The van der Waals surface area contributed by atoms with E-state index in [1.807, 2.05) is 0 Å². The van der Waals surface area contributed by atoms with Gasteiger partial charge in [0.1, 0.15) is 17.5 Å². The number of rotatable bonds is 6. The summed E-state index contributed by atoms with van der Waals surface area (Å²) in [6.45, 7) is 0.191. The number of aromatic nitrogens is 4. The summed E-state index contributed by atoms with van der Waals surface area (Å²) in [5, 5.41) is 6.85.